The summed E-state index contributed by atoms with van der Waals surface area (Å²) < 4.78 is 25.9. The van der Waals surface area contributed by atoms with Crippen LogP contribution < -0.4 is 10.0 Å². The summed E-state index contributed by atoms with van der Waals surface area (Å²) in [5, 5.41) is 9.50. The predicted octanol–water partition coefficient (Wildman–Crippen LogP) is -0.170. The topological polar surface area (TPSA) is 86.9 Å². The third-order valence-electron chi connectivity index (χ3n) is 2.71. The molecule has 0 aliphatic carbocycles. The van der Waals surface area contributed by atoms with E-state index >= 15 is 0 Å². The zero-order valence-corrected chi connectivity index (χ0v) is 9.76. The SMILES string of the molecule is O=S(=O)(NCC[C@H]1CCCN1)c1ccn[nH]1. The first-order valence-corrected chi connectivity index (χ1v) is 6.89. The van der Waals surface area contributed by atoms with Crippen LogP contribution >= 0.6 is 0 Å². The van der Waals surface area contributed by atoms with Gasteiger partial charge in [0.15, 0.2) is 5.03 Å². The second-order valence-corrected chi connectivity index (χ2v) is 5.64. The number of H-pyrrole nitrogens is 1. The third kappa shape index (κ3) is 2.81. The minimum atomic E-state index is -3.40. The molecule has 3 N–H and O–H groups in total. The van der Waals surface area contributed by atoms with Crippen LogP contribution in [-0.2, 0) is 10.0 Å². The van der Waals surface area contributed by atoms with Crippen LogP contribution in [0.4, 0.5) is 0 Å². The number of hydrogen-bond donors (Lipinski definition) is 3. The molecule has 0 bridgehead atoms. The second-order valence-electron chi connectivity index (χ2n) is 3.90. The molecule has 0 radical (unpaired) electrons. The molecule has 6 nitrogen and oxygen atoms in total. The summed E-state index contributed by atoms with van der Waals surface area (Å²) in [5.41, 5.74) is 0. The van der Waals surface area contributed by atoms with Crippen molar-refractivity contribution in [2.24, 2.45) is 0 Å². The molecule has 2 heterocycles. The Morgan fingerprint density at radius 1 is 1.56 bits per heavy atom. The van der Waals surface area contributed by atoms with Crippen molar-refractivity contribution in [3.8, 4) is 0 Å². The Hall–Kier alpha value is -0.920. The zero-order valence-electron chi connectivity index (χ0n) is 8.94. The quantitative estimate of drug-likeness (QED) is 0.671. The molecule has 7 heteroatoms. The van der Waals surface area contributed by atoms with Crippen molar-refractivity contribution in [1.82, 2.24) is 20.2 Å². The Morgan fingerprint density at radius 2 is 2.44 bits per heavy atom. The molecule has 16 heavy (non-hydrogen) atoms. The third-order valence-corrected chi connectivity index (χ3v) is 4.10. The summed E-state index contributed by atoms with van der Waals surface area (Å²) in [6.45, 7) is 1.50. The highest BCUT2D eigenvalue weighted by molar-refractivity contribution is 7.89. The van der Waals surface area contributed by atoms with E-state index in [9.17, 15) is 8.42 Å². The largest absolute Gasteiger partial charge is 0.314 e. The molecule has 1 aliphatic heterocycles. The average Bonchev–Trinajstić information content (AvgIpc) is 2.90. The first kappa shape index (κ1) is 11.6. The van der Waals surface area contributed by atoms with E-state index in [0.29, 0.717) is 12.6 Å². The molecule has 1 saturated heterocycles. The molecular weight excluding hydrogens is 228 g/mol. The highest BCUT2D eigenvalue weighted by Gasteiger charge is 2.17. The highest BCUT2D eigenvalue weighted by Crippen LogP contribution is 2.08. The zero-order chi connectivity index (χ0) is 11.4. The van der Waals surface area contributed by atoms with Gasteiger partial charge in [0.1, 0.15) is 0 Å². The Bertz CT molecular complexity index is 409. The van der Waals surface area contributed by atoms with E-state index in [2.05, 4.69) is 20.2 Å². The van der Waals surface area contributed by atoms with E-state index in [0.717, 1.165) is 19.4 Å². The van der Waals surface area contributed by atoms with Gasteiger partial charge >= 0.3 is 0 Å². The van der Waals surface area contributed by atoms with Crippen molar-refractivity contribution in [3.05, 3.63) is 12.3 Å². The van der Waals surface area contributed by atoms with Gasteiger partial charge in [-0.15, -0.1) is 0 Å². The van der Waals surface area contributed by atoms with Crippen molar-refractivity contribution < 1.29 is 8.42 Å². The van der Waals surface area contributed by atoms with E-state index in [1.165, 1.54) is 18.7 Å². The molecular formula is C9H16N4O2S. The normalized spacial score (nSPS) is 21.4. The first-order chi connectivity index (χ1) is 7.68. The molecule has 1 aromatic heterocycles. The summed E-state index contributed by atoms with van der Waals surface area (Å²) in [7, 11) is -3.40. The van der Waals surface area contributed by atoms with Crippen LogP contribution in [-0.4, -0.2) is 37.7 Å². The van der Waals surface area contributed by atoms with E-state index in [4.69, 9.17) is 0 Å². The lowest BCUT2D eigenvalue weighted by molar-refractivity contribution is 0.538. The van der Waals surface area contributed by atoms with Crippen LogP contribution in [0.2, 0.25) is 0 Å². The van der Waals surface area contributed by atoms with Crippen molar-refractivity contribution >= 4 is 10.0 Å². The first-order valence-electron chi connectivity index (χ1n) is 5.41. The molecule has 0 saturated carbocycles. The molecule has 1 fully saturated rings. The number of hydrogen-bond acceptors (Lipinski definition) is 4. The monoisotopic (exact) mass is 244 g/mol. The lowest BCUT2D eigenvalue weighted by Crippen LogP contribution is -2.30. The van der Waals surface area contributed by atoms with Gasteiger partial charge in [-0.2, -0.15) is 5.10 Å². The van der Waals surface area contributed by atoms with Gasteiger partial charge < -0.3 is 5.32 Å². The molecule has 0 amide bonds. The van der Waals surface area contributed by atoms with Crippen LogP contribution in [0.1, 0.15) is 19.3 Å². The maximum Gasteiger partial charge on any atom is 0.257 e. The molecule has 0 spiro atoms. The van der Waals surface area contributed by atoms with Gasteiger partial charge in [0.25, 0.3) is 10.0 Å². The lowest BCUT2D eigenvalue weighted by atomic mass is 10.2. The Kier molecular flexibility index (Phi) is 3.57. The van der Waals surface area contributed by atoms with Gasteiger partial charge in [0.05, 0.1) is 6.20 Å². The second kappa shape index (κ2) is 4.94. The Morgan fingerprint density at radius 3 is 3.06 bits per heavy atom. The van der Waals surface area contributed by atoms with Gasteiger partial charge in [-0.25, -0.2) is 13.1 Å². The van der Waals surface area contributed by atoms with Crippen LogP contribution in [0.3, 0.4) is 0 Å². The molecule has 0 unspecified atom stereocenters. The maximum absolute atomic E-state index is 11.7. The number of nitrogens with one attached hydrogen (secondary N) is 3. The number of nitrogens with zero attached hydrogens (tertiary/aromatic N) is 1. The minimum Gasteiger partial charge on any atom is -0.314 e. The van der Waals surface area contributed by atoms with E-state index < -0.39 is 10.0 Å². The number of rotatable bonds is 5. The summed E-state index contributed by atoms with van der Waals surface area (Å²) >= 11 is 0. The average molecular weight is 244 g/mol. The molecule has 0 aromatic carbocycles. The van der Waals surface area contributed by atoms with E-state index in [1.807, 2.05) is 0 Å². The number of sulfonamides is 1. The van der Waals surface area contributed by atoms with Crippen molar-refractivity contribution in [2.75, 3.05) is 13.1 Å². The van der Waals surface area contributed by atoms with Gasteiger partial charge in [-0.3, -0.25) is 5.10 Å². The molecule has 2 rings (SSSR count). The fourth-order valence-electron chi connectivity index (χ4n) is 1.84. The molecule has 1 atom stereocenters. The Balaban J connectivity index is 1.81. The van der Waals surface area contributed by atoms with Crippen LogP contribution in [0.5, 0.6) is 0 Å². The van der Waals surface area contributed by atoms with Gasteiger partial charge in [0.2, 0.25) is 0 Å². The smallest absolute Gasteiger partial charge is 0.257 e. The van der Waals surface area contributed by atoms with Crippen molar-refractivity contribution in [1.29, 1.82) is 0 Å². The minimum absolute atomic E-state index is 0.117. The molecule has 1 aliphatic rings. The van der Waals surface area contributed by atoms with Gasteiger partial charge in [0, 0.05) is 12.6 Å². The molecule has 1 aromatic rings. The lowest BCUT2D eigenvalue weighted by Gasteiger charge is -2.10. The summed E-state index contributed by atoms with van der Waals surface area (Å²) in [5.74, 6) is 0. The number of aromatic amines is 1. The fraction of sp³-hybridized carbons (Fsp3) is 0.667. The van der Waals surface area contributed by atoms with Crippen molar-refractivity contribution in [3.63, 3.8) is 0 Å². The maximum atomic E-state index is 11.7. The fourth-order valence-corrected chi connectivity index (χ4v) is 2.80. The summed E-state index contributed by atoms with van der Waals surface area (Å²) in [6.07, 6.45) is 4.56. The van der Waals surface area contributed by atoms with Crippen molar-refractivity contribution in [2.45, 2.75) is 30.3 Å². The van der Waals surface area contributed by atoms with E-state index in [1.54, 1.807) is 0 Å². The standard InChI is InChI=1S/C9H16N4O2S/c14-16(15,9-4-6-11-13-9)12-7-3-8-2-1-5-10-8/h4,6,8,10,12H,1-3,5,7H2,(H,11,13)/t8-/m1/s1. The summed E-state index contributed by atoms with van der Waals surface area (Å²) in [6, 6.07) is 1.89. The van der Waals surface area contributed by atoms with Gasteiger partial charge in [-0.05, 0) is 31.9 Å². The predicted molar refractivity (Wildman–Crippen MR) is 59.4 cm³/mol. The highest BCUT2D eigenvalue weighted by atomic mass is 32.2. The van der Waals surface area contributed by atoms with Crippen LogP contribution in [0.25, 0.3) is 0 Å². The van der Waals surface area contributed by atoms with Gasteiger partial charge in [-0.1, -0.05) is 0 Å². The van der Waals surface area contributed by atoms with Crippen LogP contribution in [0.15, 0.2) is 17.3 Å². The Labute approximate surface area is 94.9 Å². The van der Waals surface area contributed by atoms with Crippen LogP contribution in [0, 0.1) is 0 Å². The molecule has 90 valence electrons. The van der Waals surface area contributed by atoms with E-state index in [-0.39, 0.29) is 5.03 Å². The number of aromatic nitrogens is 2. The summed E-state index contributed by atoms with van der Waals surface area (Å²) in [4.78, 5) is 0.